The fraction of sp³-hybridized carbons (Fsp3) is 0.962. The van der Waals surface area contributed by atoms with E-state index in [0.29, 0.717) is 36.0 Å². The fourth-order valence-electron chi connectivity index (χ4n) is 9.22. The summed E-state index contributed by atoms with van der Waals surface area (Å²) in [5.41, 5.74) is 0.367. The molecule has 4 rings (SSSR count). The third-order valence-electron chi connectivity index (χ3n) is 10.9. The second-order valence-electron chi connectivity index (χ2n) is 12.6. The Labute approximate surface area is 205 Å². The average Bonchev–Trinajstić information content (AvgIpc) is 3.10. The first-order valence-electron chi connectivity index (χ1n) is 13.4. The molecule has 4 fully saturated rings. The Kier molecular flexibility index (Phi) is 7.47. The summed E-state index contributed by atoms with van der Waals surface area (Å²) in [6.45, 7) is 7.05. The summed E-state index contributed by atoms with van der Waals surface area (Å²) in [5, 5.41) is 24.0. The second kappa shape index (κ2) is 9.64. The molecule has 0 radical (unpaired) electrons. The molecule has 4 aliphatic carbocycles. The fourth-order valence-corrected chi connectivity index (χ4v) is 9.58. The lowest BCUT2D eigenvalue weighted by molar-refractivity contribution is -0.172. The molecule has 0 bridgehead atoms. The summed E-state index contributed by atoms with van der Waals surface area (Å²) in [7, 11) is -4.06. The van der Waals surface area contributed by atoms with Crippen molar-refractivity contribution in [3.8, 4) is 0 Å². The van der Waals surface area contributed by atoms with Crippen LogP contribution >= 0.6 is 0 Å². The van der Waals surface area contributed by atoms with Crippen LogP contribution in [0.4, 0.5) is 0 Å². The van der Waals surface area contributed by atoms with E-state index < -0.39 is 15.9 Å². The van der Waals surface area contributed by atoms with Gasteiger partial charge in [-0.3, -0.25) is 9.35 Å². The molecule has 0 aromatic carbocycles. The zero-order chi connectivity index (χ0) is 24.9. The van der Waals surface area contributed by atoms with E-state index in [4.69, 9.17) is 4.55 Å². The third kappa shape index (κ3) is 4.94. The molecule has 196 valence electrons. The van der Waals surface area contributed by atoms with E-state index in [1.807, 2.05) is 0 Å². The highest BCUT2D eigenvalue weighted by Crippen LogP contribution is 2.68. The maximum atomic E-state index is 12.2. The number of hydrogen-bond acceptors (Lipinski definition) is 5. The highest BCUT2D eigenvalue weighted by molar-refractivity contribution is 7.85. The average molecular weight is 500 g/mol. The highest BCUT2D eigenvalue weighted by Gasteiger charge is 2.62. The van der Waals surface area contributed by atoms with Crippen LogP contribution in [0.1, 0.15) is 85.0 Å². The van der Waals surface area contributed by atoms with Gasteiger partial charge in [0, 0.05) is 13.0 Å². The van der Waals surface area contributed by atoms with Gasteiger partial charge >= 0.3 is 0 Å². The number of aliphatic hydroxyl groups excluding tert-OH is 2. The first-order chi connectivity index (χ1) is 15.8. The highest BCUT2D eigenvalue weighted by atomic mass is 32.2. The van der Waals surface area contributed by atoms with Crippen LogP contribution in [0.15, 0.2) is 0 Å². The summed E-state index contributed by atoms with van der Waals surface area (Å²) in [5.74, 6) is 2.36. The van der Waals surface area contributed by atoms with Crippen LogP contribution in [0, 0.1) is 46.3 Å². The Morgan fingerprint density at radius 1 is 1.00 bits per heavy atom. The van der Waals surface area contributed by atoms with Crippen molar-refractivity contribution in [1.29, 1.82) is 0 Å². The van der Waals surface area contributed by atoms with E-state index in [1.54, 1.807) is 0 Å². The van der Waals surface area contributed by atoms with Gasteiger partial charge in [0.15, 0.2) is 0 Å². The van der Waals surface area contributed by atoms with Crippen molar-refractivity contribution in [2.45, 2.75) is 97.2 Å². The van der Waals surface area contributed by atoms with E-state index >= 15 is 0 Å². The lowest BCUT2D eigenvalue weighted by Gasteiger charge is -2.62. The number of rotatable bonds is 7. The van der Waals surface area contributed by atoms with Crippen molar-refractivity contribution in [3.05, 3.63) is 0 Å². The molecule has 4 N–H and O–H groups in total. The number of aliphatic hydroxyl groups is 2. The summed E-state index contributed by atoms with van der Waals surface area (Å²) in [6.07, 6.45) is 8.84. The molecular weight excluding hydrogens is 454 g/mol. The van der Waals surface area contributed by atoms with Crippen LogP contribution in [0.5, 0.6) is 0 Å². The van der Waals surface area contributed by atoms with Crippen molar-refractivity contribution in [1.82, 2.24) is 5.32 Å². The molecule has 0 heterocycles. The molecule has 10 atom stereocenters. The van der Waals surface area contributed by atoms with Crippen LogP contribution in [0.25, 0.3) is 0 Å². The molecule has 7 nitrogen and oxygen atoms in total. The molecule has 1 amide bonds. The second-order valence-corrected chi connectivity index (χ2v) is 14.2. The number of carbonyl (C=O) groups excluding carboxylic acids is 1. The van der Waals surface area contributed by atoms with Crippen molar-refractivity contribution >= 4 is 16.0 Å². The minimum atomic E-state index is -4.06. The summed E-state index contributed by atoms with van der Waals surface area (Å²) < 4.78 is 30.5. The van der Waals surface area contributed by atoms with Gasteiger partial charge in [0.1, 0.15) is 0 Å². The first kappa shape index (κ1) is 26.4. The Morgan fingerprint density at radius 3 is 2.38 bits per heavy atom. The molecule has 0 aromatic rings. The topological polar surface area (TPSA) is 124 Å². The van der Waals surface area contributed by atoms with Gasteiger partial charge in [-0.05, 0) is 104 Å². The Bertz CT molecular complexity index is 863. The molecule has 4 aliphatic rings. The normalized spacial score (nSPS) is 45.1. The molecule has 0 saturated heterocycles. The van der Waals surface area contributed by atoms with Gasteiger partial charge in [0.05, 0.1) is 18.0 Å². The van der Waals surface area contributed by atoms with Crippen molar-refractivity contribution in [2.24, 2.45) is 46.3 Å². The van der Waals surface area contributed by atoms with E-state index in [2.05, 4.69) is 26.1 Å². The zero-order valence-corrected chi connectivity index (χ0v) is 21.9. The van der Waals surface area contributed by atoms with Crippen LogP contribution in [-0.4, -0.2) is 53.6 Å². The van der Waals surface area contributed by atoms with E-state index in [-0.39, 0.29) is 41.4 Å². The lowest BCUT2D eigenvalue weighted by atomic mass is 9.44. The predicted octanol–water partition coefficient (Wildman–Crippen LogP) is 3.40. The quantitative estimate of drug-likeness (QED) is 0.398. The standard InChI is InChI=1S/C26H45NO6S/c1-16(4-7-24(30)27-12-13-34(31,32)33)19-5-6-20-18-15-23(29)22-14-17(28)8-10-26(22,3)21(18)9-11-25(19,20)2/h16-23,28-29H,4-15H2,1-3H3,(H,27,30)(H,31,32,33)/t16?,17-,18?,19?,20?,21?,22+,23+,25-,26-/m1/s1. The number of nitrogens with one attached hydrogen (secondary N) is 1. The SMILES string of the molecule is CC(CCC(=O)NCCS(=O)(=O)O)C1CCC2C3C[C@H](O)[C@@H]4C[C@H](O)CC[C@]4(C)C3CC[C@]12C. The molecule has 0 aromatic heterocycles. The minimum Gasteiger partial charge on any atom is -0.393 e. The van der Waals surface area contributed by atoms with Gasteiger partial charge in [-0.25, -0.2) is 0 Å². The van der Waals surface area contributed by atoms with E-state index in [0.717, 1.165) is 32.1 Å². The van der Waals surface area contributed by atoms with Gasteiger partial charge in [-0.2, -0.15) is 8.42 Å². The monoisotopic (exact) mass is 499 g/mol. The van der Waals surface area contributed by atoms with Crippen LogP contribution in [0.3, 0.4) is 0 Å². The Hall–Kier alpha value is -0.700. The molecule has 0 aliphatic heterocycles. The van der Waals surface area contributed by atoms with E-state index in [1.165, 1.54) is 25.7 Å². The van der Waals surface area contributed by atoms with Crippen LogP contribution in [0.2, 0.25) is 0 Å². The molecule has 34 heavy (non-hydrogen) atoms. The number of hydrogen-bond donors (Lipinski definition) is 4. The summed E-state index contributed by atoms with van der Waals surface area (Å²) in [4.78, 5) is 12.2. The summed E-state index contributed by atoms with van der Waals surface area (Å²) >= 11 is 0. The maximum Gasteiger partial charge on any atom is 0.266 e. The maximum absolute atomic E-state index is 12.2. The predicted molar refractivity (Wildman–Crippen MR) is 130 cm³/mol. The van der Waals surface area contributed by atoms with Gasteiger partial charge in [0.2, 0.25) is 5.91 Å². The van der Waals surface area contributed by atoms with Crippen molar-refractivity contribution in [3.63, 3.8) is 0 Å². The third-order valence-corrected chi connectivity index (χ3v) is 11.6. The number of carbonyl (C=O) groups is 1. The number of amides is 1. The van der Waals surface area contributed by atoms with Gasteiger partial charge in [0.25, 0.3) is 10.1 Å². The van der Waals surface area contributed by atoms with Gasteiger partial charge in [-0.15, -0.1) is 0 Å². The minimum absolute atomic E-state index is 0.0581. The van der Waals surface area contributed by atoms with Crippen LogP contribution in [-0.2, 0) is 14.9 Å². The first-order valence-corrected chi connectivity index (χ1v) is 15.0. The summed E-state index contributed by atoms with van der Waals surface area (Å²) in [6, 6.07) is 0. The molecule has 4 saturated carbocycles. The van der Waals surface area contributed by atoms with Crippen LogP contribution < -0.4 is 5.32 Å². The smallest absolute Gasteiger partial charge is 0.266 e. The zero-order valence-electron chi connectivity index (χ0n) is 21.1. The van der Waals surface area contributed by atoms with E-state index in [9.17, 15) is 23.4 Å². The Morgan fingerprint density at radius 2 is 1.68 bits per heavy atom. The van der Waals surface area contributed by atoms with Crippen molar-refractivity contribution in [2.75, 3.05) is 12.3 Å². The molecule has 5 unspecified atom stereocenters. The molecule has 8 heteroatoms. The molecular formula is C26H45NO6S. The van der Waals surface area contributed by atoms with Crippen molar-refractivity contribution < 1.29 is 28.0 Å². The Balaban J connectivity index is 1.38. The molecule has 0 spiro atoms. The largest absolute Gasteiger partial charge is 0.393 e. The lowest BCUT2D eigenvalue weighted by Crippen LogP contribution is -2.58. The van der Waals surface area contributed by atoms with Gasteiger partial charge in [-0.1, -0.05) is 20.8 Å². The number of fused-ring (bicyclic) bond motifs is 5. The van der Waals surface area contributed by atoms with Gasteiger partial charge < -0.3 is 15.5 Å².